The molecule has 5 heteroatoms. The molecule has 4 rings (SSSR count). The fourth-order valence-corrected chi connectivity index (χ4v) is 4.21. The molecule has 2 aliphatic rings. The summed E-state index contributed by atoms with van der Waals surface area (Å²) in [6, 6.07) is 18.4. The first-order chi connectivity index (χ1) is 12.6. The van der Waals surface area contributed by atoms with Crippen LogP contribution in [0.5, 0.6) is 0 Å². The topological polar surface area (TPSA) is 41.6 Å². The number of nitrogens with zero attached hydrogens (tertiary/aromatic N) is 2. The van der Waals surface area contributed by atoms with Gasteiger partial charge in [0.15, 0.2) is 5.11 Å². The number of allylic oxidation sites excluding steroid dienone is 1. The number of hydrogen-bond acceptors (Lipinski definition) is 2. The van der Waals surface area contributed by atoms with E-state index < -0.39 is 0 Å². The van der Waals surface area contributed by atoms with Gasteiger partial charge >= 0.3 is 0 Å². The highest BCUT2D eigenvalue weighted by molar-refractivity contribution is 7.80. The number of thiocarbonyl (C=S) groups is 1. The molecule has 1 aliphatic heterocycles. The highest BCUT2D eigenvalue weighted by Gasteiger charge is 2.42. The average Bonchev–Trinajstić information content (AvgIpc) is 3.05. The Labute approximate surface area is 164 Å². The van der Waals surface area contributed by atoms with Crippen LogP contribution >= 0.6 is 23.8 Å². The molecule has 1 fully saturated rings. The van der Waals surface area contributed by atoms with Crippen LogP contribution in [0, 0.1) is 5.92 Å². The lowest BCUT2D eigenvalue weighted by atomic mass is 9.77. The van der Waals surface area contributed by atoms with E-state index in [0.29, 0.717) is 11.0 Å². The van der Waals surface area contributed by atoms with Crippen LogP contribution < -0.4 is 5.73 Å². The maximum atomic E-state index is 6.01. The smallest absolute Gasteiger partial charge is 0.187 e. The standard InChI is InChI=1S/C21H20ClN3S/c22-17-11-9-14(10-12-17)13-16-7-4-8-18-19(16)24-25(21(23)26)20(18)15-5-2-1-3-6-15/h1-3,5-6,9-13,18,20H,4,7-8H2,(H2,23,26)/b16-13-/t18-,20-/m0/s1. The van der Waals surface area contributed by atoms with Crippen molar-refractivity contribution in [3.05, 3.63) is 76.3 Å². The number of benzene rings is 2. The summed E-state index contributed by atoms with van der Waals surface area (Å²) >= 11 is 11.3. The minimum absolute atomic E-state index is 0.0811. The molecule has 0 unspecified atom stereocenters. The van der Waals surface area contributed by atoms with Gasteiger partial charge in [0, 0.05) is 10.9 Å². The van der Waals surface area contributed by atoms with Crippen molar-refractivity contribution < 1.29 is 0 Å². The Balaban J connectivity index is 1.72. The van der Waals surface area contributed by atoms with Gasteiger partial charge in [-0.2, -0.15) is 5.10 Å². The molecule has 26 heavy (non-hydrogen) atoms. The summed E-state index contributed by atoms with van der Waals surface area (Å²) in [6.45, 7) is 0. The molecule has 132 valence electrons. The minimum atomic E-state index is 0.0811. The third kappa shape index (κ3) is 3.27. The van der Waals surface area contributed by atoms with Crippen molar-refractivity contribution in [1.82, 2.24) is 5.01 Å². The molecule has 2 aromatic carbocycles. The molecule has 2 N–H and O–H groups in total. The highest BCUT2D eigenvalue weighted by Crippen LogP contribution is 2.44. The van der Waals surface area contributed by atoms with Crippen molar-refractivity contribution in [3.63, 3.8) is 0 Å². The molecule has 2 aromatic rings. The summed E-state index contributed by atoms with van der Waals surface area (Å²) in [4.78, 5) is 0. The van der Waals surface area contributed by atoms with Crippen LogP contribution in [0.25, 0.3) is 6.08 Å². The number of halogens is 1. The average molecular weight is 382 g/mol. The van der Waals surface area contributed by atoms with Gasteiger partial charge in [-0.15, -0.1) is 0 Å². The summed E-state index contributed by atoms with van der Waals surface area (Å²) in [5.41, 5.74) is 10.7. The fraction of sp³-hybridized carbons (Fsp3) is 0.238. The van der Waals surface area contributed by atoms with E-state index in [0.717, 1.165) is 35.6 Å². The Bertz CT molecular complexity index is 874. The monoisotopic (exact) mass is 381 g/mol. The summed E-state index contributed by atoms with van der Waals surface area (Å²) in [5.74, 6) is 0.311. The van der Waals surface area contributed by atoms with Crippen molar-refractivity contribution in [2.24, 2.45) is 16.8 Å². The second-order valence-corrected chi connectivity index (χ2v) is 7.60. The Morgan fingerprint density at radius 3 is 2.58 bits per heavy atom. The summed E-state index contributed by atoms with van der Waals surface area (Å²) in [6.07, 6.45) is 5.46. The predicted molar refractivity (Wildman–Crippen MR) is 112 cm³/mol. The van der Waals surface area contributed by atoms with Crippen molar-refractivity contribution in [3.8, 4) is 0 Å². The van der Waals surface area contributed by atoms with Gasteiger partial charge in [0.1, 0.15) is 0 Å². The fourth-order valence-electron chi connectivity index (χ4n) is 3.93. The Kier molecular flexibility index (Phi) is 4.79. The molecule has 0 bridgehead atoms. The van der Waals surface area contributed by atoms with Crippen LogP contribution in [0.1, 0.15) is 36.4 Å². The van der Waals surface area contributed by atoms with Gasteiger partial charge in [-0.1, -0.05) is 54.1 Å². The minimum Gasteiger partial charge on any atom is -0.375 e. The molecule has 1 aliphatic carbocycles. The normalized spacial score (nSPS) is 23.7. The molecule has 0 spiro atoms. The maximum Gasteiger partial charge on any atom is 0.187 e. The van der Waals surface area contributed by atoms with Crippen molar-refractivity contribution in [2.45, 2.75) is 25.3 Å². The molecule has 2 atom stereocenters. The van der Waals surface area contributed by atoms with Gasteiger partial charge in [0.05, 0.1) is 11.8 Å². The predicted octanol–water partition coefficient (Wildman–Crippen LogP) is 5.18. The number of hydrazone groups is 1. The second kappa shape index (κ2) is 7.22. The molecule has 1 heterocycles. The van der Waals surface area contributed by atoms with Gasteiger partial charge in [-0.3, -0.25) is 0 Å². The Morgan fingerprint density at radius 2 is 1.88 bits per heavy atom. The number of rotatable bonds is 2. The van der Waals surface area contributed by atoms with Crippen LogP contribution in [0.4, 0.5) is 0 Å². The summed E-state index contributed by atoms with van der Waals surface area (Å²) < 4.78 is 0. The summed E-state index contributed by atoms with van der Waals surface area (Å²) in [5, 5.41) is 7.75. The molecular weight excluding hydrogens is 362 g/mol. The van der Waals surface area contributed by atoms with E-state index >= 15 is 0 Å². The molecule has 0 amide bonds. The first kappa shape index (κ1) is 17.3. The van der Waals surface area contributed by atoms with E-state index in [-0.39, 0.29) is 6.04 Å². The van der Waals surface area contributed by atoms with E-state index in [2.05, 4.69) is 30.3 Å². The van der Waals surface area contributed by atoms with Crippen LogP contribution in [-0.4, -0.2) is 15.8 Å². The zero-order valence-corrected chi connectivity index (χ0v) is 15.9. The van der Waals surface area contributed by atoms with E-state index in [4.69, 9.17) is 34.7 Å². The highest BCUT2D eigenvalue weighted by atomic mass is 35.5. The zero-order chi connectivity index (χ0) is 18.1. The van der Waals surface area contributed by atoms with Gasteiger partial charge in [-0.25, -0.2) is 5.01 Å². The van der Waals surface area contributed by atoms with E-state index in [1.54, 1.807) is 0 Å². The van der Waals surface area contributed by atoms with Crippen LogP contribution in [0.15, 0.2) is 65.3 Å². The lowest BCUT2D eigenvalue weighted by Gasteiger charge is -2.29. The Hall–Kier alpha value is -2.17. The molecule has 1 saturated carbocycles. The van der Waals surface area contributed by atoms with Gasteiger partial charge in [0.2, 0.25) is 0 Å². The quantitative estimate of drug-likeness (QED) is 0.728. The second-order valence-electron chi connectivity index (χ2n) is 6.74. The molecular formula is C21H20ClN3S. The first-order valence-electron chi connectivity index (χ1n) is 8.82. The largest absolute Gasteiger partial charge is 0.375 e. The number of nitrogens with two attached hydrogens (primary N) is 1. The number of hydrogen-bond donors (Lipinski definition) is 1. The van der Waals surface area contributed by atoms with E-state index in [9.17, 15) is 0 Å². The van der Waals surface area contributed by atoms with E-state index in [1.165, 1.54) is 11.1 Å². The summed E-state index contributed by atoms with van der Waals surface area (Å²) in [7, 11) is 0. The van der Waals surface area contributed by atoms with Crippen molar-refractivity contribution >= 4 is 40.7 Å². The Morgan fingerprint density at radius 1 is 1.15 bits per heavy atom. The van der Waals surface area contributed by atoms with Crippen molar-refractivity contribution in [2.75, 3.05) is 0 Å². The van der Waals surface area contributed by atoms with Gasteiger partial charge in [0.25, 0.3) is 0 Å². The molecule has 3 nitrogen and oxygen atoms in total. The third-order valence-corrected chi connectivity index (χ3v) is 5.52. The molecule has 0 saturated heterocycles. The zero-order valence-electron chi connectivity index (χ0n) is 14.3. The lowest BCUT2D eigenvalue weighted by Crippen LogP contribution is -2.34. The molecule has 0 aromatic heterocycles. The third-order valence-electron chi connectivity index (χ3n) is 5.08. The van der Waals surface area contributed by atoms with E-state index in [1.807, 2.05) is 35.3 Å². The first-order valence-corrected chi connectivity index (χ1v) is 9.61. The van der Waals surface area contributed by atoms with Crippen LogP contribution in [0.2, 0.25) is 5.02 Å². The molecule has 0 radical (unpaired) electrons. The van der Waals surface area contributed by atoms with Gasteiger partial charge in [-0.05, 0) is 66.4 Å². The maximum absolute atomic E-state index is 6.01. The van der Waals surface area contributed by atoms with Crippen LogP contribution in [-0.2, 0) is 0 Å². The van der Waals surface area contributed by atoms with Crippen LogP contribution in [0.3, 0.4) is 0 Å². The van der Waals surface area contributed by atoms with Gasteiger partial charge < -0.3 is 5.73 Å². The van der Waals surface area contributed by atoms with Crippen molar-refractivity contribution in [1.29, 1.82) is 0 Å². The lowest BCUT2D eigenvalue weighted by molar-refractivity contribution is 0.305. The number of fused-ring (bicyclic) bond motifs is 1. The SMILES string of the molecule is NC(=S)N1N=C2/C(=C\c3ccc(Cl)cc3)CCC[C@@H]2[C@@H]1c1ccccc1.